The van der Waals surface area contributed by atoms with E-state index in [0.717, 1.165) is 55.9 Å². The summed E-state index contributed by atoms with van der Waals surface area (Å²) in [5.41, 5.74) is 11.3. The number of hydrogen-bond donors (Lipinski definition) is 1. The van der Waals surface area contributed by atoms with Gasteiger partial charge in [-0.25, -0.2) is 0 Å². The van der Waals surface area contributed by atoms with Crippen molar-refractivity contribution in [3.63, 3.8) is 0 Å². The average molecular weight is 916 g/mol. The molecule has 0 aliphatic heterocycles. The third kappa shape index (κ3) is 13.8. The van der Waals surface area contributed by atoms with E-state index in [1.54, 1.807) is 0 Å². The molecule has 7 aromatic rings. The monoisotopic (exact) mass is 915 g/mol. The third-order valence-corrected chi connectivity index (χ3v) is 10.8. The van der Waals surface area contributed by atoms with Crippen LogP contribution < -0.4 is 4.98 Å². The average Bonchev–Trinajstić information content (AvgIpc) is 3.58. The van der Waals surface area contributed by atoms with Crippen molar-refractivity contribution in [3.8, 4) is 50.3 Å². The minimum atomic E-state index is -1.43. The molecule has 1 heterocycles. The van der Waals surface area contributed by atoms with Crippen molar-refractivity contribution in [1.29, 1.82) is 0 Å². The van der Waals surface area contributed by atoms with Gasteiger partial charge >= 0.3 is 81.0 Å². The Bertz CT molecular complexity index is 2040. The summed E-state index contributed by atoms with van der Waals surface area (Å²) in [6.45, 7) is 12.2. The zero-order valence-electron chi connectivity index (χ0n) is 31.5. The summed E-state index contributed by atoms with van der Waals surface area (Å²) in [5.74, 6) is 0.303. The number of aromatic hydroxyl groups is 1. The van der Waals surface area contributed by atoms with Crippen molar-refractivity contribution >= 4 is 4.40 Å². The van der Waals surface area contributed by atoms with E-state index >= 15 is 0 Å². The smallest absolute Gasteiger partial charge is 0.132 e. The summed E-state index contributed by atoms with van der Waals surface area (Å²) >= 11 is -1.43. The van der Waals surface area contributed by atoms with Crippen LogP contribution in [-0.4, -0.2) is 9.51 Å². The number of phenolic OH excluding ortho intramolecular Hbond substituents is 1. The molecule has 6 aromatic carbocycles. The fraction of sp³-hybridized carbons (Fsp3) is 0.192. The number of rotatable bonds is 6. The first-order chi connectivity index (χ1) is 25.7. The Morgan fingerprint density at radius 3 is 1.12 bits per heavy atom. The van der Waals surface area contributed by atoms with Crippen molar-refractivity contribution in [3.05, 3.63) is 193 Å². The normalized spacial score (nSPS) is 9.75. The van der Waals surface area contributed by atoms with Gasteiger partial charge in [-0.3, -0.25) is 0 Å². The van der Waals surface area contributed by atoms with Crippen molar-refractivity contribution in [2.45, 2.75) is 69.2 Å². The molecular weight excluding hydrogens is 854 g/mol. The second-order valence-electron chi connectivity index (χ2n) is 13.1. The predicted molar refractivity (Wildman–Crippen MR) is 241 cm³/mol. The predicted octanol–water partition coefficient (Wildman–Crippen LogP) is 14.7. The molecule has 4 heteroatoms. The molecule has 0 unspecified atom stereocenters. The first-order valence-corrected chi connectivity index (χ1v) is 20.7. The third-order valence-electron chi connectivity index (χ3n) is 8.37. The molecule has 0 amide bonds. The van der Waals surface area contributed by atoms with Gasteiger partial charge in [0.1, 0.15) is 5.75 Å². The van der Waals surface area contributed by atoms with Crippen LogP contribution in [0.4, 0.5) is 0 Å². The molecule has 0 aliphatic carbocycles. The Morgan fingerprint density at radius 2 is 0.839 bits per heavy atom. The topological polar surface area (TPSA) is 51.4 Å². The fourth-order valence-electron chi connectivity index (χ4n) is 5.80. The molecule has 3 nitrogen and oxygen atoms in total. The van der Waals surface area contributed by atoms with E-state index in [1.807, 2.05) is 142 Å². The Morgan fingerprint density at radius 1 is 0.536 bits per heavy atom. The summed E-state index contributed by atoms with van der Waals surface area (Å²) in [5, 5.41) is 11.8. The molecule has 0 fully saturated rings. The Hall–Kier alpha value is -5.24. The molecule has 0 bridgehead atoms. The summed E-state index contributed by atoms with van der Waals surface area (Å²) in [6.07, 6.45) is 2.00. The maximum Gasteiger partial charge on any atom is 0.132 e. The molecular formula is C52H61NO2W-2. The second kappa shape index (κ2) is 25.0. The molecule has 0 saturated carbocycles. The van der Waals surface area contributed by atoms with E-state index in [-0.39, 0.29) is 27.7 Å². The summed E-state index contributed by atoms with van der Waals surface area (Å²) in [4.78, 5) is 4.11. The Balaban J connectivity index is 0.000000519. The van der Waals surface area contributed by atoms with Crippen molar-refractivity contribution in [1.82, 2.24) is 4.98 Å². The van der Waals surface area contributed by atoms with Crippen molar-refractivity contribution in [2.24, 2.45) is 0 Å². The van der Waals surface area contributed by atoms with Gasteiger partial charge in [-0.15, -0.1) is 0 Å². The molecule has 294 valence electrons. The first kappa shape index (κ1) is 48.8. The zero-order valence-corrected chi connectivity index (χ0v) is 34.5. The van der Waals surface area contributed by atoms with E-state index in [1.165, 1.54) is 5.56 Å². The van der Waals surface area contributed by atoms with Gasteiger partial charge in [0, 0.05) is 11.1 Å². The zero-order chi connectivity index (χ0) is 38.1. The van der Waals surface area contributed by atoms with Gasteiger partial charge in [0.05, 0.1) is 0 Å². The molecule has 0 saturated heterocycles. The number of hydrogen-bond acceptors (Lipinski definition) is 2. The molecule has 7 rings (SSSR count). The summed E-state index contributed by atoms with van der Waals surface area (Å²) in [7, 11) is 0. The van der Waals surface area contributed by atoms with Crippen LogP contribution in [0.5, 0.6) is 5.75 Å². The molecule has 0 radical (unpaired) electrons. The van der Waals surface area contributed by atoms with E-state index in [0.29, 0.717) is 5.75 Å². The van der Waals surface area contributed by atoms with E-state index in [4.69, 9.17) is 0 Å². The molecule has 0 atom stereocenters. The number of aromatic nitrogens is 1. The largest absolute Gasteiger partial charge is 0.665 e. The molecule has 1 aromatic heterocycles. The van der Waals surface area contributed by atoms with Gasteiger partial charge in [-0.2, -0.15) is 25.2 Å². The van der Waals surface area contributed by atoms with Gasteiger partial charge in [0.2, 0.25) is 0 Å². The second-order valence-corrected chi connectivity index (χ2v) is 14.7. The van der Waals surface area contributed by atoms with Gasteiger partial charge in [0.25, 0.3) is 0 Å². The first-order valence-electron chi connectivity index (χ1n) is 17.8. The Kier molecular flexibility index (Phi) is 21.8. The van der Waals surface area contributed by atoms with Crippen LogP contribution in [0.2, 0.25) is 0 Å². The number of nitrogens with zero attached hydrogens (tertiary/aromatic N) is 1. The minimum Gasteiger partial charge on any atom is -0.665 e. The van der Waals surface area contributed by atoms with E-state index in [9.17, 15) is 8.50 Å². The molecule has 56 heavy (non-hydrogen) atoms. The van der Waals surface area contributed by atoms with Crippen LogP contribution in [-0.2, 0) is 26.9 Å². The number of phenols is 1. The number of benzene rings is 6. The van der Waals surface area contributed by atoms with Gasteiger partial charge in [0.15, 0.2) is 0 Å². The van der Waals surface area contributed by atoms with Gasteiger partial charge < -0.3 is 16.5 Å². The molecule has 0 spiro atoms. The SMILES string of the molecule is C.C.C.CC(C)([CH]=[W]=[O])c1ccccc1.C[CH-]C.Cc1ccc(C)[n-]1.Oc1c(-c2ccccc2)c(-c2ccccc2)cc(-c2ccccc2)c1-c1ccccc1. The van der Waals surface area contributed by atoms with Crippen molar-refractivity contribution < 1.29 is 26.6 Å². The maximum atomic E-state index is 11.8. The fourth-order valence-corrected chi connectivity index (χ4v) is 7.16. The van der Waals surface area contributed by atoms with Crippen LogP contribution in [0.15, 0.2) is 170 Å². The van der Waals surface area contributed by atoms with Crippen LogP contribution in [0.25, 0.3) is 44.5 Å². The minimum absolute atomic E-state index is 0. The van der Waals surface area contributed by atoms with Crippen LogP contribution in [0, 0.1) is 20.3 Å². The van der Waals surface area contributed by atoms with Crippen LogP contribution in [0.3, 0.4) is 0 Å². The quantitative estimate of drug-likeness (QED) is 0.169. The van der Waals surface area contributed by atoms with Crippen molar-refractivity contribution in [2.75, 3.05) is 0 Å². The number of aryl methyl sites for hydroxylation is 2. The van der Waals surface area contributed by atoms with Gasteiger partial charge in [-0.05, 0) is 39.4 Å². The standard InChI is InChI=1S/C30H22O.C10H12.C6H8N.C3H7.3CH4.O.W/c31-30-28(24-17-9-3-10-18-24)26(22-13-5-1-6-14-22)21-27(23-15-7-2-8-16-23)29(30)25-19-11-4-12-20-25;1-10(2,3)9-7-5-4-6-8-9;1-5-3-4-6(2)7-5;1-3-2;;;;;/h1-21,31H;1,4-8H,2-3H3;3-4H,1-2H3;3H,1-2H3;3*1H4;;/q;;2*-1;;;;;. The summed E-state index contributed by atoms with van der Waals surface area (Å²) in [6, 6.07) is 57.2. The van der Waals surface area contributed by atoms with E-state index in [2.05, 4.69) is 85.6 Å². The Labute approximate surface area is 346 Å². The van der Waals surface area contributed by atoms with Crippen LogP contribution in [0.1, 0.15) is 66.9 Å². The van der Waals surface area contributed by atoms with Gasteiger partial charge in [-0.1, -0.05) is 170 Å². The molecule has 1 N–H and O–H groups in total. The summed E-state index contributed by atoms with van der Waals surface area (Å²) < 4.78 is 12.6. The van der Waals surface area contributed by atoms with Crippen LogP contribution >= 0.6 is 0 Å². The molecule has 0 aliphatic rings. The maximum absolute atomic E-state index is 11.8. The van der Waals surface area contributed by atoms with E-state index < -0.39 is 18.1 Å².